The van der Waals surface area contributed by atoms with Gasteiger partial charge in [0.2, 0.25) is 0 Å². The predicted octanol–water partition coefficient (Wildman–Crippen LogP) is 4.76. The van der Waals surface area contributed by atoms with E-state index in [2.05, 4.69) is 4.98 Å². The van der Waals surface area contributed by atoms with Crippen molar-refractivity contribution in [1.82, 2.24) is 4.98 Å². The van der Waals surface area contributed by atoms with E-state index in [4.69, 9.17) is 11.6 Å². The standard InChI is InChI=1S/C17H13ClFNO/c18-15-10-12(19)9-14-13(7-4-8-21)16(20-17(14)15)11-5-2-1-3-6-11/h1-3,5-6,8-10,20H,4,7H2. The molecule has 0 saturated carbocycles. The van der Waals surface area contributed by atoms with Crippen molar-refractivity contribution in [3.8, 4) is 11.3 Å². The highest BCUT2D eigenvalue weighted by Gasteiger charge is 2.15. The molecule has 0 spiro atoms. The van der Waals surface area contributed by atoms with Gasteiger partial charge in [-0.15, -0.1) is 0 Å². The summed E-state index contributed by atoms with van der Waals surface area (Å²) in [6, 6.07) is 12.5. The van der Waals surface area contributed by atoms with Crippen LogP contribution in [0.3, 0.4) is 0 Å². The van der Waals surface area contributed by atoms with E-state index in [1.165, 1.54) is 12.1 Å². The van der Waals surface area contributed by atoms with Crippen LogP contribution in [0.25, 0.3) is 22.2 Å². The minimum Gasteiger partial charge on any atom is -0.353 e. The number of aromatic nitrogens is 1. The summed E-state index contributed by atoms with van der Waals surface area (Å²) in [4.78, 5) is 14.0. The summed E-state index contributed by atoms with van der Waals surface area (Å²) in [6.45, 7) is 0. The van der Waals surface area contributed by atoms with Crippen LogP contribution in [0.5, 0.6) is 0 Å². The Hall–Kier alpha value is -2.13. The Bertz CT molecular complexity index is 795. The summed E-state index contributed by atoms with van der Waals surface area (Å²) < 4.78 is 13.6. The second kappa shape index (κ2) is 5.70. The largest absolute Gasteiger partial charge is 0.353 e. The molecule has 0 aliphatic carbocycles. The fourth-order valence-corrected chi connectivity index (χ4v) is 2.84. The van der Waals surface area contributed by atoms with Crippen LogP contribution in [0.4, 0.5) is 4.39 Å². The minimum absolute atomic E-state index is 0.347. The molecular formula is C17H13ClFNO. The molecule has 2 aromatic carbocycles. The summed E-state index contributed by atoms with van der Waals surface area (Å²) in [5.74, 6) is -0.376. The fourth-order valence-electron chi connectivity index (χ4n) is 2.59. The van der Waals surface area contributed by atoms with E-state index in [1.54, 1.807) is 0 Å². The molecule has 0 bridgehead atoms. The molecule has 3 aromatic rings. The number of benzene rings is 2. The van der Waals surface area contributed by atoms with Crippen LogP contribution >= 0.6 is 11.6 Å². The molecule has 1 N–H and O–H groups in total. The molecule has 4 heteroatoms. The summed E-state index contributed by atoms with van der Waals surface area (Å²) in [5, 5.41) is 1.08. The predicted molar refractivity (Wildman–Crippen MR) is 83.1 cm³/mol. The molecule has 0 aliphatic heterocycles. The van der Waals surface area contributed by atoms with Gasteiger partial charge in [-0.25, -0.2) is 4.39 Å². The zero-order valence-corrected chi connectivity index (χ0v) is 12.0. The lowest BCUT2D eigenvalue weighted by Gasteiger charge is -2.03. The first-order valence-corrected chi connectivity index (χ1v) is 7.07. The van der Waals surface area contributed by atoms with E-state index < -0.39 is 0 Å². The van der Waals surface area contributed by atoms with Crippen LogP contribution in [0.1, 0.15) is 12.0 Å². The number of aldehydes is 1. The number of halogens is 2. The van der Waals surface area contributed by atoms with E-state index in [0.29, 0.717) is 23.4 Å². The molecule has 0 amide bonds. The Labute approximate surface area is 126 Å². The molecule has 0 saturated heterocycles. The van der Waals surface area contributed by atoms with Crippen LogP contribution in [-0.4, -0.2) is 11.3 Å². The lowest BCUT2D eigenvalue weighted by Crippen LogP contribution is -1.89. The first-order chi connectivity index (χ1) is 10.2. The molecule has 1 aromatic heterocycles. The van der Waals surface area contributed by atoms with Crippen molar-refractivity contribution in [3.05, 3.63) is 58.9 Å². The van der Waals surface area contributed by atoms with Crippen molar-refractivity contribution in [2.45, 2.75) is 12.8 Å². The number of rotatable bonds is 4. The first-order valence-electron chi connectivity index (χ1n) is 6.69. The Morgan fingerprint density at radius 1 is 1.19 bits per heavy atom. The summed E-state index contributed by atoms with van der Waals surface area (Å²) in [6.07, 6.45) is 1.81. The van der Waals surface area contributed by atoms with Gasteiger partial charge in [-0.2, -0.15) is 0 Å². The normalized spacial score (nSPS) is 11.0. The van der Waals surface area contributed by atoms with E-state index in [1.807, 2.05) is 30.3 Å². The molecule has 0 fully saturated rings. The number of nitrogens with one attached hydrogen (secondary N) is 1. The van der Waals surface area contributed by atoms with Crippen molar-refractivity contribution >= 4 is 28.8 Å². The van der Waals surface area contributed by atoms with Crippen LogP contribution in [-0.2, 0) is 11.2 Å². The van der Waals surface area contributed by atoms with Gasteiger partial charge in [-0.05, 0) is 29.7 Å². The smallest absolute Gasteiger partial charge is 0.125 e. The monoisotopic (exact) mass is 301 g/mol. The van der Waals surface area contributed by atoms with Crippen molar-refractivity contribution in [1.29, 1.82) is 0 Å². The number of aryl methyl sites for hydroxylation is 1. The fraction of sp³-hybridized carbons (Fsp3) is 0.118. The number of hydrogen-bond donors (Lipinski definition) is 1. The van der Waals surface area contributed by atoms with Gasteiger partial charge in [0.05, 0.1) is 10.5 Å². The summed E-state index contributed by atoms with van der Waals surface area (Å²) in [5.41, 5.74) is 3.51. The maximum absolute atomic E-state index is 13.6. The first kappa shape index (κ1) is 13.8. The third-order valence-electron chi connectivity index (χ3n) is 3.51. The van der Waals surface area contributed by atoms with Gasteiger partial charge in [-0.3, -0.25) is 0 Å². The molecule has 1 heterocycles. The second-order valence-electron chi connectivity index (χ2n) is 4.86. The van der Waals surface area contributed by atoms with Gasteiger partial charge in [0.25, 0.3) is 0 Å². The van der Waals surface area contributed by atoms with Gasteiger partial charge in [0.1, 0.15) is 12.1 Å². The molecule has 0 atom stereocenters. The van der Waals surface area contributed by atoms with E-state index in [-0.39, 0.29) is 5.82 Å². The maximum Gasteiger partial charge on any atom is 0.125 e. The highest BCUT2D eigenvalue weighted by Crippen LogP contribution is 2.35. The molecule has 106 valence electrons. The van der Waals surface area contributed by atoms with Crippen LogP contribution in [0, 0.1) is 5.82 Å². The van der Waals surface area contributed by atoms with Crippen molar-refractivity contribution in [2.75, 3.05) is 0 Å². The van der Waals surface area contributed by atoms with Gasteiger partial charge < -0.3 is 9.78 Å². The topological polar surface area (TPSA) is 32.9 Å². The molecule has 3 rings (SSSR count). The Kier molecular flexibility index (Phi) is 3.76. The quantitative estimate of drug-likeness (QED) is 0.692. The molecular weight excluding hydrogens is 289 g/mol. The Balaban J connectivity index is 2.27. The van der Waals surface area contributed by atoms with Gasteiger partial charge >= 0.3 is 0 Å². The van der Waals surface area contributed by atoms with Crippen LogP contribution in [0.2, 0.25) is 5.02 Å². The van der Waals surface area contributed by atoms with Crippen molar-refractivity contribution in [2.24, 2.45) is 0 Å². The van der Waals surface area contributed by atoms with E-state index in [0.717, 1.165) is 28.5 Å². The highest BCUT2D eigenvalue weighted by atomic mass is 35.5. The second-order valence-corrected chi connectivity index (χ2v) is 5.27. The molecule has 2 nitrogen and oxygen atoms in total. The van der Waals surface area contributed by atoms with Crippen LogP contribution < -0.4 is 0 Å². The number of carbonyl (C=O) groups excluding carboxylic acids is 1. The lowest BCUT2D eigenvalue weighted by atomic mass is 10.0. The molecule has 0 unspecified atom stereocenters. The maximum atomic E-state index is 13.6. The average molecular weight is 302 g/mol. The van der Waals surface area contributed by atoms with Gasteiger partial charge in [0, 0.05) is 17.5 Å². The zero-order valence-electron chi connectivity index (χ0n) is 11.2. The number of H-pyrrole nitrogens is 1. The Morgan fingerprint density at radius 3 is 2.67 bits per heavy atom. The molecule has 0 aliphatic rings. The minimum atomic E-state index is -0.376. The molecule has 0 radical (unpaired) electrons. The average Bonchev–Trinajstić information content (AvgIpc) is 2.85. The third-order valence-corrected chi connectivity index (χ3v) is 3.80. The Morgan fingerprint density at radius 2 is 1.95 bits per heavy atom. The number of aromatic amines is 1. The molecule has 21 heavy (non-hydrogen) atoms. The van der Waals surface area contributed by atoms with Crippen molar-refractivity contribution in [3.63, 3.8) is 0 Å². The van der Waals surface area contributed by atoms with Crippen molar-refractivity contribution < 1.29 is 9.18 Å². The number of carbonyl (C=O) groups is 1. The SMILES string of the molecule is O=CCCc1c(-c2ccccc2)[nH]c2c(Cl)cc(F)cc12. The zero-order chi connectivity index (χ0) is 14.8. The lowest BCUT2D eigenvalue weighted by molar-refractivity contribution is -0.107. The number of fused-ring (bicyclic) bond motifs is 1. The van der Waals surface area contributed by atoms with E-state index in [9.17, 15) is 9.18 Å². The highest BCUT2D eigenvalue weighted by molar-refractivity contribution is 6.35. The van der Waals surface area contributed by atoms with Gasteiger partial charge in [0.15, 0.2) is 0 Å². The van der Waals surface area contributed by atoms with Crippen LogP contribution in [0.15, 0.2) is 42.5 Å². The van der Waals surface area contributed by atoms with E-state index >= 15 is 0 Å². The number of hydrogen-bond acceptors (Lipinski definition) is 1. The summed E-state index contributed by atoms with van der Waals surface area (Å²) in [7, 11) is 0. The van der Waals surface area contributed by atoms with Gasteiger partial charge in [-0.1, -0.05) is 41.9 Å². The third kappa shape index (κ3) is 2.57. The summed E-state index contributed by atoms with van der Waals surface area (Å²) >= 11 is 6.13.